The summed E-state index contributed by atoms with van der Waals surface area (Å²) in [4.78, 5) is 7.32. The summed E-state index contributed by atoms with van der Waals surface area (Å²) < 4.78 is 11.9. The molecule has 5 nitrogen and oxygen atoms in total. The van der Waals surface area contributed by atoms with E-state index in [4.69, 9.17) is 9.47 Å². The summed E-state index contributed by atoms with van der Waals surface area (Å²) in [7, 11) is 0. The number of rotatable bonds is 4. The molecule has 1 aromatic heterocycles. The molecule has 2 heterocycles. The highest BCUT2D eigenvalue weighted by molar-refractivity contribution is 5.20. The molecule has 2 aromatic rings. The van der Waals surface area contributed by atoms with Gasteiger partial charge in [-0.15, -0.1) is 0 Å². The minimum Gasteiger partial charge on any atom is -0.349 e. The number of benzene rings is 1. The van der Waals surface area contributed by atoms with Crippen LogP contribution in [-0.4, -0.2) is 28.4 Å². The average Bonchev–Trinajstić information content (AvgIpc) is 2.99. The number of aromatic amines is 1. The maximum absolute atomic E-state index is 6.13. The van der Waals surface area contributed by atoms with Crippen LogP contribution >= 0.6 is 0 Å². The largest absolute Gasteiger partial charge is 0.349 e. The standard InChI is InChI=1S/C16H21N3O2/c1-16(2)20-11-13(19-10-14-17-8-9-18-14)15(21-16)12-6-4-3-5-7-12/h3-9,13,15,19H,10-11H2,1-2H3,(H,17,18)/t13-,15-/m1/s1. The molecule has 1 aliphatic rings. The maximum atomic E-state index is 6.13. The Balaban J connectivity index is 1.73. The van der Waals surface area contributed by atoms with Gasteiger partial charge in [-0.3, -0.25) is 0 Å². The van der Waals surface area contributed by atoms with Crippen molar-refractivity contribution in [3.05, 3.63) is 54.1 Å². The highest BCUT2D eigenvalue weighted by Gasteiger charge is 2.37. The van der Waals surface area contributed by atoms with Crippen LogP contribution in [0.25, 0.3) is 0 Å². The topological polar surface area (TPSA) is 59.2 Å². The second-order valence-electron chi connectivity index (χ2n) is 5.68. The zero-order valence-electron chi connectivity index (χ0n) is 12.4. The van der Waals surface area contributed by atoms with Gasteiger partial charge in [0.2, 0.25) is 0 Å². The number of nitrogens with zero attached hydrogens (tertiary/aromatic N) is 1. The molecule has 1 fully saturated rings. The van der Waals surface area contributed by atoms with Crippen LogP contribution in [0.3, 0.4) is 0 Å². The van der Waals surface area contributed by atoms with Crippen molar-refractivity contribution < 1.29 is 9.47 Å². The molecule has 1 aromatic carbocycles. The molecule has 21 heavy (non-hydrogen) atoms. The van der Waals surface area contributed by atoms with E-state index in [2.05, 4.69) is 27.4 Å². The van der Waals surface area contributed by atoms with Gasteiger partial charge in [0.05, 0.1) is 19.2 Å². The van der Waals surface area contributed by atoms with Crippen molar-refractivity contribution in [2.24, 2.45) is 0 Å². The minimum absolute atomic E-state index is 0.0371. The molecule has 0 spiro atoms. The Kier molecular flexibility index (Phi) is 4.05. The van der Waals surface area contributed by atoms with E-state index < -0.39 is 5.79 Å². The van der Waals surface area contributed by atoms with Crippen LogP contribution < -0.4 is 5.32 Å². The third kappa shape index (κ3) is 3.50. The lowest BCUT2D eigenvalue weighted by Gasteiger charge is -2.41. The van der Waals surface area contributed by atoms with Crippen LogP contribution in [0.15, 0.2) is 42.7 Å². The van der Waals surface area contributed by atoms with E-state index in [0.29, 0.717) is 13.2 Å². The molecule has 1 saturated heterocycles. The first-order valence-corrected chi connectivity index (χ1v) is 7.22. The Morgan fingerprint density at radius 1 is 1.33 bits per heavy atom. The second kappa shape index (κ2) is 5.97. The molecule has 3 rings (SSSR count). The highest BCUT2D eigenvalue weighted by Crippen LogP contribution is 2.32. The fourth-order valence-electron chi connectivity index (χ4n) is 2.53. The molecule has 1 aliphatic heterocycles. The van der Waals surface area contributed by atoms with E-state index in [1.165, 1.54) is 0 Å². The summed E-state index contributed by atoms with van der Waals surface area (Å²) >= 11 is 0. The van der Waals surface area contributed by atoms with Crippen LogP contribution in [0.2, 0.25) is 0 Å². The zero-order valence-corrected chi connectivity index (χ0v) is 12.4. The molecular weight excluding hydrogens is 266 g/mol. The Bertz CT molecular complexity index is 554. The van der Waals surface area contributed by atoms with Gasteiger partial charge in [0.25, 0.3) is 0 Å². The normalized spacial score (nSPS) is 24.9. The first kappa shape index (κ1) is 14.3. The lowest BCUT2D eigenvalue weighted by atomic mass is 10.0. The first-order chi connectivity index (χ1) is 10.1. The molecule has 0 unspecified atom stereocenters. The molecule has 0 amide bonds. The zero-order chi connectivity index (χ0) is 14.7. The molecular formula is C16H21N3O2. The van der Waals surface area contributed by atoms with E-state index in [1.54, 1.807) is 6.20 Å². The fraction of sp³-hybridized carbons (Fsp3) is 0.438. The van der Waals surface area contributed by atoms with Crippen LogP contribution in [0.4, 0.5) is 0 Å². The quantitative estimate of drug-likeness (QED) is 0.906. The summed E-state index contributed by atoms with van der Waals surface area (Å²) in [6.07, 6.45) is 3.54. The second-order valence-corrected chi connectivity index (χ2v) is 5.68. The van der Waals surface area contributed by atoms with E-state index in [-0.39, 0.29) is 12.1 Å². The molecule has 0 aliphatic carbocycles. The number of imidazole rings is 1. The first-order valence-electron chi connectivity index (χ1n) is 7.22. The van der Waals surface area contributed by atoms with Crippen molar-refractivity contribution in [1.82, 2.24) is 15.3 Å². The number of hydrogen-bond donors (Lipinski definition) is 2. The summed E-state index contributed by atoms with van der Waals surface area (Å²) in [5.41, 5.74) is 1.16. The molecule has 0 radical (unpaired) electrons. The summed E-state index contributed by atoms with van der Waals surface area (Å²) in [5.74, 6) is 0.343. The minimum atomic E-state index is -0.566. The molecule has 2 atom stereocenters. The highest BCUT2D eigenvalue weighted by atomic mass is 16.7. The fourth-order valence-corrected chi connectivity index (χ4v) is 2.53. The summed E-state index contributed by atoms with van der Waals surface area (Å²) in [6, 6.07) is 10.3. The van der Waals surface area contributed by atoms with Gasteiger partial charge in [0.1, 0.15) is 11.9 Å². The van der Waals surface area contributed by atoms with Crippen molar-refractivity contribution in [3.63, 3.8) is 0 Å². The van der Waals surface area contributed by atoms with Gasteiger partial charge in [-0.05, 0) is 19.4 Å². The Labute approximate surface area is 124 Å². The van der Waals surface area contributed by atoms with Crippen LogP contribution in [0.1, 0.15) is 31.3 Å². The van der Waals surface area contributed by atoms with Crippen molar-refractivity contribution in [2.75, 3.05) is 6.61 Å². The van der Waals surface area contributed by atoms with E-state index in [0.717, 1.165) is 11.4 Å². The van der Waals surface area contributed by atoms with Gasteiger partial charge in [-0.2, -0.15) is 0 Å². The van der Waals surface area contributed by atoms with Crippen molar-refractivity contribution in [1.29, 1.82) is 0 Å². The maximum Gasteiger partial charge on any atom is 0.163 e. The smallest absolute Gasteiger partial charge is 0.163 e. The molecule has 2 N–H and O–H groups in total. The van der Waals surface area contributed by atoms with E-state index in [9.17, 15) is 0 Å². The number of H-pyrrole nitrogens is 1. The molecule has 0 saturated carbocycles. The Hall–Kier alpha value is -1.69. The number of hydrogen-bond acceptors (Lipinski definition) is 4. The number of nitrogens with one attached hydrogen (secondary N) is 2. The SMILES string of the molecule is CC1(C)OC[C@@H](NCc2ncc[nH]2)[C@@H](c2ccccc2)O1. The third-order valence-corrected chi connectivity index (χ3v) is 3.60. The third-order valence-electron chi connectivity index (χ3n) is 3.60. The van der Waals surface area contributed by atoms with E-state index >= 15 is 0 Å². The van der Waals surface area contributed by atoms with Gasteiger partial charge in [0, 0.05) is 12.4 Å². The van der Waals surface area contributed by atoms with Gasteiger partial charge < -0.3 is 19.8 Å². The van der Waals surface area contributed by atoms with Crippen LogP contribution in [0, 0.1) is 0 Å². The van der Waals surface area contributed by atoms with Crippen molar-refractivity contribution >= 4 is 0 Å². The predicted octanol–water partition coefficient (Wildman–Crippen LogP) is 2.39. The number of aromatic nitrogens is 2. The van der Waals surface area contributed by atoms with Crippen LogP contribution in [-0.2, 0) is 16.0 Å². The van der Waals surface area contributed by atoms with Crippen LogP contribution in [0.5, 0.6) is 0 Å². The van der Waals surface area contributed by atoms with Crippen molar-refractivity contribution in [2.45, 2.75) is 38.3 Å². The van der Waals surface area contributed by atoms with Crippen molar-refractivity contribution in [3.8, 4) is 0 Å². The van der Waals surface area contributed by atoms with Gasteiger partial charge >= 0.3 is 0 Å². The monoisotopic (exact) mass is 287 g/mol. The number of ether oxygens (including phenoxy) is 2. The average molecular weight is 287 g/mol. The Morgan fingerprint density at radius 3 is 2.86 bits per heavy atom. The Morgan fingerprint density at radius 2 is 2.14 bits per heavy atom. The predicted molar refractivity (Wildman–Crippen MR) is 79.5 cm³/mol. The van der Waals surface area contributed by atoms with Gasteiger partial charge in [0.15, 0.2) is 5.79 Å². The summed E-state index contributed by atoms with van der Waals surface area (Å²) in [6.45, 7) is 5.17. The van der Waals surface area contributed by atoms with E-state index in [1.807, 2.05) is 38.2 Å². The van der Waals surface area contributed by atoms with Gasteiger partial charge in [-0.1, -0.05) is 30.3 Å². The lowest BCUT2D eigenvalue weighted by Crippen LogP contribution is -2.50. The lowest BCUT2D eigenvalue weighted by molar-refractivity contribution is -0.285. The molecule has 5 heteroatoms. The summed E-state index contributed by atoms with van der Waals surface area (Å²) in [5, 5.41) is 3.47. The van der Waals surface area contributed by atoms with Gasteiger partial charge in [-0.25, -0.2) is 4.98 Å². The molecule has 0 bridgehead atoms. The molecule has 112 valence electrons.